The van der Waals surface area contributed by atoms with Crippen molar-refractivity contribution in [2.75, 3.05) is 4.72 Å². The summed E-state index contributed by atoms with van der Waals surface area (Å²) in [5.41, 5.74) is 1.03. The molecule has 0 atom stereocenters. The molecule has 8 heteroatoms. The number of aryl methyl sites for hydroxylation is 2. The van der Waals surface area contributed by atoms with Crippen molar-refractivity contribution in [3.8, 4) is 0 Å². The van der Waals surface area contributed by atoms with Crippen molar-refractivity contribution in [2.24, 2.45) is 7.05 Å². The molecule has 0 aromatic carbocycles. The van der Waals surface area contributed by atoms with Crippen molar-refractivity contribution in [3.05, 3.63) is 29.8 Å². The third kappa shape index (κ3) is 2.68. The van der Waals surface area contributed by atoms with E-state index < -0.39 is 10.0 Å². The molecule has 0 aliphatic rings. The molecule has 7 nitrogen and oxygen atoms in total. The molecule has 2 heterocycles. The van der Waals surface area contributed by atoms with Crippen molar-refractivity contribution in [1.82, 2.24) is 9.78 Å². The number of nitrogens with zero attached hydrogens (tertiary/aromatic N) is 2. The van der Waals surface area contributed by atoms with Gasteiger partial charge in [0.15, 0.2) is 12.0 Å². The minimum atomic E-state index is -3.85. The van der Waals surface area contributed by atoms with E-state index in [1.54, 1.807) is 13.2 Å². The first-order chi connectivity index (χ1) is 8.96. The smallest absolute Gasteiger partial charge is 0.295 e. The standard InChI is InChI=1S/C11H13N3O4S/c1-3-9-10(6-14(2)12-9)13-19(16,17)11-5-4-8(7-15)18-11/h4-7,13H,3H2,1-2H3. The zero-order chi connectivity index (χ0) is 14.0. The Morgan fingerprint density at radius 2 is 2.21 bits per heavy atom. The predicted molar refractivity (Wildman–Crippen MR) is 67.5 cm³/mol. The van der Waals surface area contributed by atoms with Gasteiger partial charge in [0.25, 0.3) is 10.0 Å². The third-order valence-electron chi connectivity index (χ3n) is 2.47. The van der Waals surface area contributed by atoms with Gasteiger partial charge in [-0.15, -0.1) is 0 Å². The first kappa shape index (κ1) is 13.3. The zero-order valence-electron chi connectivity index (χ0n) is 10.5. The first-order valence-corrected chi connectivity index (χ1v) is 7.05. The highest BCUT2D eigenvalue weighted by atomic mass is 32.2. The van der Waals surface area contributed by atoms with E-state index in [9.17, 15) is 13.2 Å². The maximum absolute atomic E-state index is 12.1. The normalized spacial score (nSPS) is 11.5. The number of sulfonamides is 1. The molecule has 1 N–H and O–H groups in total. The lowest BCUT2D eigenvalue weighted by molar-refractivity contribution is 0.109. The lowest BCUT2D eigenvalue weighted by atomic mass is 10.3. The fraction of sp³-hybridized carbons (Fsp3) is 0.273. The minimum Gasteiger partial charge on any atom is -0.440 e. The molecule has 0 bridgehead atoms. The molecule has 0 amide bonds. The fourth-order valence-electron chi connectivity index (χ4n) is 1.62. The largest absolute Gasteiger partial charge is 0.440 e. The SMILES string of the molecule is CCc1nn(C)cc1NS(=O)(=O)c1ccc(C=O)o1. The molecule has 0 aliphatic heterocycles. The van der Waals surface area contributed by atoms with E-state index in [0.717, 1.165) is 0 Å². The van der Waals surface area contributed by atoms with Gasteiger partial charge in [0, 0.05) is 13.2 Å². The Kier molecular flexibility index (Phi) is 3.43. The molecular formula is C11H13N3O4S. The van der Waals surface area contributed by atoms with Crippen LogP contribution in [0.25, 0.3) is 0 Å². The molecular weight excluding hydrogens is 270 g/mol. The van der Waals surface area contributed by atoms with Gasteiger partial charge in [0.05, 0.1) is 11.4 Å². The van der Waals surface area contributed by atoms with Gasteiger partial charge < -0.3 is 4.42 Å². The molecule has 0 spiro atoms. The summed E-state index contributed by atoms with van der Waals surface area (Å²) in [6, 6.07) is 2.53. The molecule has 0 fully saturated rings. The molecule has 0 saturated carbocycles. The number of carbonyl (C=O) groups is 1. The van der Waals surface area contributed by atoms with Gasteiger partial charge in [0.1, 0.15) is 0 Å². The van der Waals surface area contributed by atoms with Crippen molar-refractivity contribution in [3.63, 3.8) is 0 Å². The van der Waals surface area contributed by atoms with E-state index in [4.69, 9.17) is 4.42 Å². The van der Waals surface area contributed by atoms with Crippen LogP contribution in [0.1, 0.15) is 23.2 Å². The van der Waals surface area contributed by atoms with Crippen LogP contribution in [-0.2, 0) is 23.5 Å². The van der Waals surface area contributed by atoms with Gasteiger partial charge in [-0.2, -0.15) is 13.5 Å². The Hall–Kier alpha value is -2.09. The summed E-state index contributed by atoms with van der Waals surface area (Å²) >= 11 is 0. The summed E-state index contributed by atoms with van der Waals surface area (Å²) in [6.07, 6.45) is 2.61. The Morgan fingerprint density at radius 1 is 1.47 bits per heavy atom. The highest BCUT2D eigenvalue weighted by Crippen LogP contribution is 2.20. The van der Waals surface area contributed by atoms with Crippen LogP contribution in [0.4, 0.5) is 5.69 Å². The summed E-state index contributed by atoms with van der Waals surface area (Å²) in [5.74, 6) is -0.0396. The Labute approximate surface area is 110 Å². The van der Waals surface area contributed by atoms with Gasteiger partial charge in [-0.3, -0.25) is 14.2 Å². The zero-order valence-corrected chi connectivity index (χ0v) is 11.3. The molecule has 2 aromatic heterocycles. The summed E-state index contributed by atoms with van der Waals surface area (Å²) < 4.78 is 32.9. The summed E-state index contributed by atoms with van der Waals surface area (Å²) in [6.45, 7) is 1.87. The minimum absolute atomic E-state index is 0.0396. The van der Waals surface area contributed by atoms with Gasteiger partial charge in [-0.25, -0.2) is 0 Å². The van der Waals surface area contributed by atoms with Crippen LogP contribution in [0, 0.1) is 0 Å². The van der Waals surface area contributed by atoms with Crippen LogP contribution in [0.3, 0.4) is 0 Å². The fourth-order valence-corrected chi connectivity index (χ4v) is 2.63. The highest BCUT2D eigenvalue weighted by Gasteiger charge is 2.21. The maximum Gasteiger partial charge on any atom is 0.295 e. The molecule has 0 unspecified atom stereocenters. The third-order valence-corrected chi connectivity index (χ3v) is 3.71. The molecule has 0 saturated heterocycles. The molecule has 0 radical (unpaired) electrons. The molecule has 19 heavy (non-hydrogen) atoms. The monoisotopic (exact) mass is 283 g/mol. The van der Waals surface area contributed by atoms with Crippen LogP contribution in [0.5, 0.6) is 0 Å². The summed E-state index contributed by atoms with van der Waals surface area (Å²) in [7, 11) is -2.15. The van der Waals surface area contributed by atoms with Crippen LogP contribution < -0.4 is 4.72 Å². The highest BCUT2D eigenvalue weighted by molar-refractivity contribution is 7.92. The number of hydrogen-bond acceptors (Lipinski definition) is 5. The number of furan rings is 1. The van der Waals surface area contributed by atoms with E-state index >= 15 is 0 Å². The number of nitrogens with one attached hydrogen (secondary N) is 1. The van der Waals surface area contributed by atoms with E-state index in [-0.39, 0.29) is 10.9 Å². The Morgan fingerprint density at radius 3 is 2.79 bits per heavy atom. The number of anilines is 1. The molecule has 102 valence electrons. The first-order valence-electron chi connectivity index (χ1n) is 5.56. The number of aromatic nitrogens is 2. The van der Waals surface area contributed by atoms with E-state index in [1.807, 2.05) is 6.92 Å². The quantitative estimate of drug-likeness (QED) is 0.832. The number of hydrogen-bond donors (Lipinski definition) is 1. The predicted octanol–water partition coefficient (Wildman–Crippen LogP) is 1.19. The van der Waals surface area contributed by atoms with Crippen molar-refractivity contribution < 1.29 is 17.6 Å². The second-order valence-corrected chi connectivity index (χ2v) is 5.51. The molecule has 2 rings (SSSR count). The number of aldehydes is 1. The van der Waals surface area contributed by atoms with Crippen LogP contribution in [0.15, 0.2) is 27.8 Å². The summed E-state index contributed by atoms with van der Waals surface area (Å²) in [4.78, 5) is 10.5. The number of carbonyl (C=O) groups excluding carboxylic acids is 1. The van der Waals surface area contributed by atoms with E-state index in [0.29, 0.717) is 24.1 Å². The van der Waals surface area contributed by atoms with Crippen molar-refractivity contribution in [1.29, 1.82) is 0 Å². The average molecular weight is 283 g/mol. The van der Waals surface area contributed by atoms with Crippen molar-refractivity contribution in [2.45, 2.75) is 18.4 Å². The van der Waals surface area contributed by atoms with Crippen LogP contribution in [0.2, 0.25) is 0 Å². The van der Waals surface area contributed by atoms with Gasteiger partial charge in [0.2, 0.25) is 5.09 Å². The Bertz CT molecular complexity index is 699. The van der Waals surface area contributed by atoms with Crippen molar-refractivity contribution >= 4 is 22.0 Å². The van der Waals surface area contributed by atoms with Gasteiger partial charge in [-0.05, 0) is 18.6 Å². The lowest BCUT2D eigenvalue weighted by Crippen LogP contribution is -2.12. The second-order valence-electron chi connectivity index (χ2n) is 3.90. The number of rotatable bonds is 5. The van der Waals surface area contributed by atoms with E-state index in [2.05, 4.69) is 9.82 Å². The second kappa shape index (κ2) is 4.88. The molecule has 2 aromatic rings. The lowest BCUT2D eigenvalue weighted by Gasteiger charge is -2.04. The topological polar surface area (TPSA) is 94.2 Å². The van der Waals surface area contributed by atoms with E-state index in [1.165, 1.54) is 16.8 Å². The summed E-state index contributed by atoms with van der Waals surface area (Å²) in [5, 5.41) is 3.83. The van der Waals surface area contributed by atoms with Gasteiger partial charge >= 0.3 is 0 Å². The van der Waals surface area contributed by atoms with Gasteiger partial charge in [-0.1, -0.05) is 6.92 Å². The maximum atomic E-state index is 12.1. The van der Waals surface area contributed by atoms with Crippen LogP contribution in [-0.4, -0.2) is 24.5 Å². The Balaban J connectivity index is 2.32. The average Bonchev–Trinajstić information content (AvgIpc) is 2.95. The molecule has 0 aliphatic carbocycles. The van der Waals surface area contributed by atoms with Crippen LogP contribution >= 0.6 is 0 Å².